The van der Waals surface area contributed by atoms with Crippen LogP contribution in [0, 0.1) is 12.8 Å². The van der Waals surface area contributed by atoms with Gasteiger partial charge in [-0.05, 0) is 31.2 Å². The molecule has 0 aromatic heterocycles. The van der Waals surface area contributed by atoms with Gasteiger partial charge in [-0.15, -0.1) is 0 Å². The molecule has 5 nitrogen and oxygen atoms in total. The maximum Gasteiger partial charge on any atom is 0.220 e. The fourth-order valence-electron chi connectivity index (χ4n) is 3.16. The Kier molecular flexibility index (Phi) is 7.59. The number of guanidine groups is 1. The maximum absolute atomic E-state index is 11.9. The molecule has 1 aliphatic rings. The van der Waals surface area contributed by atoms with E-state index in [1.54, 1.807) is 7.05 Å². The van der Waals surface area contributed by atoms with Crippen LogP contribution < -0.4 is 16.0 Å². The lowest BCUT2D eigenvalue weighted by atomic mass is 10.0. The highest BCUT2D eigenvalue weighted by Crippen LogP contribution is 2.27. The minimum absolute atomic E-state index is 0.173. The maximum atomic E-state index is 11.9. The molecule has 2 rings (SSSR count). The van der Waals surface area contributed by atoms with E-state index in [4.69, 9.17) is 0 Å². The van der Waals surface area contributed by atoms with Crippen molar-refractivity contribution in [1.82, 2.24) is 16.0 Å². The lowest BCUT2D eigenvalue weighted by Gasteiger charge is -2.13. The topological polar surface area (TPSA) is 65.5 Å². The molecule has 0 radical (unpaired) electrons. The van der Waals surface area contributed by atoms with Crippen molar-refractivity contribution in [1.29, 1.82) is 0 Å². The van der Waals surface area contributed by atoms with Gasteiger partial charge in [-0.3, -0.25) is 9.79 Å². The summed E-state index contributed by atoms with van der Waals surface area (Å²) in [7, 11) is 1.75. The minimum atomic E-state index is 0.173. The normalized spacial score (nSPS) is 15.3. The second-order valence-electron chi connectivity index (χ2n) is 6.55. The molecule has 3 N–H and O–H groups in total. The molecule has 5 heteroatoms. The van der Waals surface area contributed by atoms with Crippen LogP contribution in [0.4, 0.5) is 0 Å². The number of hydrogen-bond acceptors (Lipinski definition) is 2. The minimum Gasteiger partial charge on any atom is -0.355 e. The third kappa shape index (κ3) is 6.60. The highest BCUT2D eigenvalue weighted by atomic mass is 16.1. The SMILES string of the molecule is CN=C(NCCNC(=O)CC1CCCC1)NCc1cccc(C)c1. The average Bonchev–Trinajstić information content (AvgIpc) is 3.07. The molecule has 0 unspecified atom stereocenters. The van der Waals surface area contributed by atoms with E-state index in [1.165, 1.54) is 36.8 Å². The summed E-state index contributed by atoms with van der Waals surface area (Å²) >= 11 is 0. The Morgan fingerprint density at radius 2 is 1.92 bits per heavy atom. The van der Waals surface area contributed by atoms with Crippen LogP contribution in [-0.4, -0.2) is 32.0 Å². The number of aliphatic imine (C=N–C) groups is 1. The summed E-state index contributed by atoms with van der Waals surface area (Å²) in [4.78, 5) is 16.1. The largest absolute Gasteiger partial charge is 0.355 e. The van der Waals surface area contributed by atoms with Crippen molar-refractivity contribution in [3.8, 4) is 0 Å². The van der Waals surface area contributed by atoms with E-state index in [9.17, 15) is 4.79 Å². The molecule has 1 saturated carbocycles. The van der Waals surface area contributed by atoms with Gasteiger partial charge in [0.15, 0.2) is 5.96 Å². The summed E-state index contributed by atoms with van der Waals surface area (Å²) in [6.45, 7) is 4.11. The fraction of sp³-hybridized carbons (Fsp3) is 0.579. The average molecular weight is 330 g/mol. The Bertz CT molecular complexity index is 550. The van der Waals surface area contributed by atoms with E-state index >= 15 is 0 Å². The molecule has 0 aliphatic heterocycles. The first-order valence-corrected chi connectivity index (χ1v) is 8.94. The molecule has 1 fully saturated rings. The van der Waals surface area contributed by atoms with Gasteiger partial charge in [-0.25, -0.2) is 0 Å². The van der Waals surface area contributed by atoms with Crippen LogP contribution in [0.2, 0.25) is 0 Å². The van der Waals surface area contributed by atoms with Crippen molar-refractivity contribution >= 4 is 11.9 Å². The zero-order valence-electron chi connectivity index (χ0n) is 14.9. The van der Waals surface area contributed by atoms with Crippen LogP contribution in [-0.2, 0) is 11.3 Å². The number of carbonyl (C=O) groups is 1. The first kappa shape index (κ1) is 18.3. The number of amides is 1. The summed E-state index contributed by atoms with van der Waals surface area (Å²) in [5.74, 6) is 1.52. The molecular formula is C19H30N4O. The van der Waals surface area contributed by atoms with Gasteiger partial charge in [0.25, 0.3) is 0 Å². The molecule has 1 amide bonds. The second kappa shape index (κ2) is 9.96. The number of aryl methyl sites for hydroxylation is 1. The monoisotopic (exact) mass is 330 g/mol. The number of rotatable bonds is 7. The Morgan fingerprint density at radius 1 is 1.17 bits per heavy atom. The summed E-state index contributed by atoms with van der Waals surface area (Å²) in [5, 5.41) is 9.50. The van der Waals surface area contributed by atoms with Gasteiger partial charge in [-0.1, -0.05) is 42.7 Å². The van der Waals surface area contributed by atoms with Crippen LogP contribution in [0.25, 0.3) is 0 Å². The Morgan fingerprint density at radius 3 is 2.62 bits per heavy atom. The van der Waals surface area contributed by atoms with E-state index in [0.717, 1.165) is 12.5 Å². The molecule has 0 saturated heterocycles. The highest BCUT2D eigenvalue weighted by Gasteiger charge is 2.17. The molecule has 0 atom stereocenters. The van der Waals surface area contributed by atoms with Gasteiger partial charge in [0.2, 0.25) is 5.91 Å². The van der Waals surface area contributed by atoms with E-state index in [1.807, 2.05) is 0 Å². The molecule has 0 spiro atoms. The lowest BCUT2D eigenvalue weighted by Crippen LogP contribution is -2.41. The Hall–Kier alpha value is -2.04. The quantitative estimate of drug-likeness (QED) is 0.408. The molecule has 1 aromatic carbocycles. The third-order valence-electron chi connectivity index (χ3n) is 4.45. The van der Waals surface area contributed by atoms with E-state index in [2.05, 4.69) is 52.1 Å². The van der Waals surface area contributed by atoms with Crippen LogP contribution in [0.5, 0.6) is 0 Å². The molecule has 24 heavy (non-hydrogen) atoms. The molecule has 0 bridgehead atoms. The summed E-state index contributed by atoms with van der Waals surface area (Å²) in [5.41, 5.74) is 2.48. The van der Waals surface area contributed by atoms with Crippen LogP contribution in [0.3, 0.4) is 0 Å². The van der Waals surface area contributed by atoms with Crippen molar-refractivity contribution < 1.29 is 4.79 Å². The van der Waals surface area contributed by atoms with Crippen molar-refractivity contribution in [2.45, 2.75) is 45.6 Å². The number of carbonyl (C=O) groups excluding carboxylic acids is 1. The Balaban J connectivity index is 1.60. The number of nitrogens with one attached hydrogen (secondary N) is 3. The second-order valence-corrected chi connectivity index (χ2v) is 6.55. The van der Waals surface area contributed by atoms with Crippen molar-refractivity contribution in [2.24, 2.45) is 10.9 Å². The van der Waals surface area contributed by atoms with E-state index < -0.39 is 0 Å². The lowest BCUT2D eigenvalue weighted by molar-refractivity contribution is -0.121. The van der Waals surface area contributed by atoms with Crippen LogP contribution in [0.15, 0.2) is 29.3 Å². The molecule has 1 aliphatic carbocycles. The van der Waals surface area contributed by atoms with Crippen LogP contribution >= 0.6 is 0 Å². The van der Waals surface area contributed by atoms with Gasteiger partial charge < -0.3 is 16.0 Å². The summed E-state index contributed by atoms with van der Waals surface area (Å²) in [6.07, 6.45) is 5.66. The summed E-state index contributed by atoms with van der Waals surface area (Å²) in [6, 6.07) is 8.40. The highest BCUT2D eigenvalue weighted by molar-refractivity contribution is 5.80. The van der Waals surface area contributed by atoms with Gasteiger partial charge in [0.05, 0.1) is 0 Å². The molecule has 1 aromatic rings. The zero-order valence-corrected chi connectivity index (χ0v) is 14.9. The smallest absolute Gasteiger partial charge is 0.220 e. The fourth-order valence-corrected chi connectivity index (χ4v) is 3.16. The molecular weight excluding hydrogens is 300 g/mol. The zero-order chi connectivity index (χ0) is 17.2. The number of benzene rings is 1. The van der Waals surface area contributed by atoms with Crippen molar-refractivity contribution in [2.75, 3.05) is 20.1 Å². The number of nitrogens with zero attached hydrogens (tertiary/aromatic N) is 1. The van der Waals surface area contributed by atoms with Crippen molar-refractivity contribution in [3.63, 3.8) is 0 Å². The van der Waals surface area contributed by atoms with Crippen molar-refractivity contribution in [3.05, 3.63) is 35.4 Å². The standard InChI is InChI=1S/C19H30N4O/c1-15-6-5-9-17(12-15)14-23-19(20-2)22-11-10-21-18(24)13-16-7-3-4-8-16/h5-6,9,12,16H,3-4,7-8,10-11,13-14H2,1-2H3,(H,21,24)(H2,20,22,23). The third-order valence-corrected chi connectivity index (χ3v) is 4.45. The number of hydrogen-bond donors (Lipinski definition) is 3. The molecule has 0 heterocycles. The van der Waals surface area contributed by atoms with E-state index in [-0.39, 0.29) is 5.91 Å². The van der Waals surface area contributed by atoms with Gasteiger partial charge in [0, 0.05) is 33.1 Å². The first-order valence-electron chi connectivity index (χ1n) is 8.94. The molecule has 132 valence electrons. The van der Waals surface area contributed by atoms with E-state index in [0.29, 0.717) is 25.4 Å². The summed E-state index contributed by atoms with van der Waals surface area (Å²) < 4.78 is 0. The van der Waals surface area contributed by atoms with Gasteiger partial charge in [0.1, 0.15) is 0 Å². The van der Waals surface area contributed by atoms with Crippen LogP contribution in [0.1, 0.15) is 43.2 Å². The van der Waals surface area contributed by atoms with Gasteiger partial charge >= 0.3 is 0 Å². The first-order chi connectivity index (χ1) is 11.7. The Labute approximate surface area is 145 Å². The predicted molar refractivity (Wildman–Crippen MR) is 99.0 cm³/mol. The predicted octanol–water partition coefficient (Wildman–Crippen LogP) is 2.36. The van der Waals surface area contributed by atoms with Gasteiger partial charge in [-0.2, -0.15) is 0 Å².